The monoisotopic (exact) mass is 282 g/mol. The van der Waals surface area contributed by atoms with Crippen molar-refractivity contribution in [1.29, 1.82) is 0 Å². The zero-order valence-electron chi connectivity index (χ0n) is 11.8. The first-order chi connectivity index (χ1) is 10.3. The van der Waals surface area contributed by atoms with E-state index in [1.54, 1.807) is 0 Å². The smallest absolute Gasteiger partial charge is 0.161 e. The van der Waals surface area contributed by atoms with Gasteiger partial charge in [0.2, 0.25) is 0 Å². The molecule has 21 heavy (non-hydrogen) atoms. The van der Waals surface area contributed by atoms with E-state index in [2.05, 4.69) is 12.1 Å². The molecule has 0 radical (unpaired) electrons. The highest BCUT2D eigenvalue weighted by Crippen LogP contribution is 2.56. The van der Waals surface area contributed by atoms with Crippen LogP contribution in [0.1, 0.15) is 30.1 Å². The fourth-order valence-corrected chi connectivity index (χ4v) is 3.17. The molecule has 2 aliphatic rings. The molecule has 0 aromatic heterocycles. The van der Waals surface area contributed by atoms with Gasteiger partial charge < -0.3 is 14.6 Å². The van der Waals surface area contributed by atoms with E-state index in [1.807, 2.05) is 36.4 Å². The molecule has 1 unspecified atom stereocenters. The Morgan fingerprint density at radius 1 is 0.905 bits per heavy atom. The molecule has 0 amide bonds. The van der Waals surface area contributed by atoms with Crippen LogP contribution in [-0.2, 0) is 5.41 Å². The molecular formula is C18H18O3. The fourth-order valence-electron chi connectivity index (χ4n) is 3.17. The molecule has 1 saturated carbocycles. The Hall–Kier alpha value is -2.00. The number of ether oxygens (including phenoxy) is 2. The summed E-state index contributed by atoms with van der Waals surface area (Å²) in [6.07, 6.45) is 1.54. The largest absolute Gasteiger partial charge is 0.486 e. The third-order valence-electron chi connectivity index (χ3n) is 4.54. The second-order valence-electron chi connectivity index (χ2n) is 5.83. The molecule has 1 heterocycles. The fraction of sp³-hybridized carbons (Fsp3) is 0.333. The minimum atomic E-state index is -0.504. The van der Waals surface area contributed by atoms with E-state index in [0.717, 1.165) is 29.9 Å². The van der Waals surface area contributed by atoms with Gasteiger partial charge in [0.1, 0.15) is 13.2 Å². The summed E-state index contributed by atoms with van der Waals surface area (Å²) in [4.78, 5) is 0. The van der Waals surface area contributed by atoms with Crippen LogP contribution < -0.4 is 9.47 Å². The van der Waals surface area contributed by atoms with Gasteiger partial charge in [-0.3, -0.25) is 0 Å². The zero-order valence-corrected chi connectivity index (χ0v) is 11.8. The van der Waals surface area contributed by atoms with Gasteiger partial charge in [-0.2, -0.15) is 0 Å². The maximum atomic E-state index is 10.9. The molecule has 0 spiro atoms. The van der Waals surface area contributed by atoms with Gasteiger partial charge in [-0.05, 0) is 36.1 Å². The summed E-state index contributed by atoms with van der Waals surface area (Å²) < 4.78 is 11.2. The van der Waals surface area contributed by atoms with E-state index < -0.39 is 6.10 Å². The van der Waals surface area contributed by atoms with Crippen LogP contribution in [0.5, 0.6) is 11.5 Å². The van der Waals surface area contributed by atoms with Gasteiger partial charge in [0.05, 0.1) is 6.10 Å². The molecule has 1 aliphatic heterocycles. The van der Waals surface area contributed by atoms with Gasteiger partial charge >= 0.3 is 0 Å². The first-order valence-corrected chi connectivity index (χ1v) is 7.43. The van der Waals surface area contributed by atoms with Crippen molar-refractivity contribution < 1.29 is 14.6 Å². The van der Waals surface area contributed by atoms with Crippen LogP contribution in [-0.4, -0.2) is 18.3 Å². The summed E-state index contributed by atoms with van der Waals surface area (Å²) in [5.74, 6) is 1.50. The van der Waals surface area contributed by atoms with Crippen LogP contribution in [0.25, 0.3) is 0 Å². The molecule has 4 rings (SSSR count). The predicted octanol–water partition coefficient (Wildman–Crippen LogP) is 3.22. The Balaban J connectivity index is 1.67. The summed E-state index contributed by atoms with van der Waals surface area (Å²) in [7, 11) is 0. The maximum absolute atomic E-state index is 10.9. The van der Waals surface area contributed by atoms with Crippen LogP contribution in [0.2, 0.25) is 0 Å². The van der Waals surface area contributed by atoms with Crippen molar-refractivity contribution in [2.45, 2.75) is 24.4 Å². The summed E-state index contributed by atoms with van der Waals surface area (Å²) in [5, 5.41) is 10.9. The molecule has 3 nitrogen and oxygen atoms in total. The quantitative estimate of drug-likeness (QED) is 0.939. The number of hydrogen-bond donors (Lipinski definition) is 1. The van der Waals surface area contributed by atoms with Gasteiger partial charge in [-0.1, -0.05) is 36.4 Å². The van der Waals surface area contributed by atoms with Crippen molar-refractivity contribution >= 4 is 0 Å². The van der Waals surface area contributed by atoms with Crippen LogP contribution >= 0.6 is 0 Å². The molecule has 2 aromatic rings. The van der Waals surface area contributed by atoms with Gasteiger partial charge in [-0.25, -0.2) is 0 Å². The number of fused-ring (bicyclic) bond motifs is 1. The van der Waals surface area contributed by atoms with Crippen LogP contribution in [0.15, 0.2) is 48.5 Å². The van der Waals surface area contributed by atoms with Gasteiger partial charge in [0.15, 0.2) is 11.5 Å². The minimum absolute atomic E-state index is 0.134. The number of benzene rings is 2. The number of aliphatic hydroxyl groups is 1. The molecule has 1 aliphatic carbocycles. The van der Waals surface area contributed by atoms with E-state index >= 15 is 0 Å². The van der Waals surface area contributed by atoms with Crippen LogP contribution in [0.4, 0.5) is 0 Å². The van der Waals surface area contributed by atoms with Crippen molar-refractivity contribution in [3.8, 4) is 11.5 Å². The van der Waals surface area contributed by atoms with Crippen molar-refractivity contribution in [3.05, 3.63) is 59.7 Å². The lowest BCUT2D eigenvalue weighted by molar-refractivity contribution is 0.131. The standard InChI is InChI=1S/C18H18O3/c19-17(18(8-9-18)14-4-2-1-3-5-14)13-6-7-15-16(12-13)21-11-10-20-15/h1-7,12,17,19H,8-11H2. The molecular weight excluding hydrogens is 264 g/mol. The molecule has 0 bridgehead atoms. The number of aliphatic hydroxyl groups excluding tert-OH is 1. The SMILES string of the molecule is OC(c1ccc2c(c1)OCCO2)C1(c2ccccc2)CC1. The average molecular weight is 282 g/mol. The molecule has 3 heteroatoms. The highest BCUT2D eigenvalue weighted by molar-refractivity contribution is 5.46. The van der Waals surface area contributed by atoms with Crippen molar-refractivity contribution in [1.82, 2.24) is 0 Å². The van der Waals surface area contributed by atoms with Crippen LogP contribution in [0.3, 0.4) is 0 Å². The number of hydrogen-bond acceptors (Lipinski definition) is 3. The summed E-state index contributed by atoms with van der Waals surface area (Å²) in [5.41, 5.74) is 1.98. The average Bonchev–Trinajstić information content (AvgIpc) is 3.36. The highest BCUT2D eigenvalue weighted by Gasteiger charge is 2.50. The van der Waals surface area contributed by atoms with E-state index in [0.29, 0.717) is 13.2 Å². The Labute approximate surface area is 124 Å². The highest BCUT2D eigenvalue weighted by atomic mass is 16.6. The molecule has 1 fully saturated rings. The van der Waals surface area contributed by atoms with Crippen molar-refractivity contribution in [3.63, 3.8) is 0 Å². The van der Waals surface area contributed by atoms with E-state index in [4.69, 9.17) is 9.47 Å². The van der Waals surface area contributed by atoms with E-state index in [1.165, 1.54) is 5.56 Å². The third-order valence-corrected chi connectivity index (χ3v) is 4.54. The maximum Gasteiger partial charge on any atom is 0.161 e. The minimum Gasteiger partial charge on any atom is -0.486 e. The lowest BCUT2D eigenvalue weighted by Gasteiger charge is -2.25. The third kappa shape index (κ3) is 2.09. The van der Waals surface area contributed by atoms with E-state index in [-0.39, 0.29) is 5.41 Å². The van der Waals surface area contributed by atoms with Crippen molar-refractivity contribution in [2.75, 3.05) is 13.2 Å². The van der Waals surface area contributed by atoms with Gasteiger partial charge in [0, 0.05) is 5.41 Å². The lowest BCUT2D eigenvalue weighted by Crippen LogP contribution is -2.19. The Morgan fingerprint density at radius 2 is 1.62 bits per heavy atom. The number of rotatable bonds is 3. The topological polar surface area (TPSA) is 38.7 Å². The summed E-state index contributed by atoms with van der Waals surface area (Å²) >= 11 is 0. The molecule has 1 atom stereocenters. The Bertz CT molecular complexity index is 647. The predicted molar refractivity (Wildman–Crippen MR) is 79.7 cm³/mol. The van der Waals surface area contributed by atoms with Gasteiger partial charge in [0.25, 0.3) is 0 Å². The van der Waals surface area contributed by atoms with Gasteiger partial charge in [-0.15, -0.1) is 0 Å². The summed E-state index contributed by atoms with van der Waals surface area (Å²) in [6, 6.07) is 16.0. The molecule has 0 saturated heterocycles. The lowest BCUT2D eigenvalue weighted by atomic mass is 9.86. The summed E-state index contributed by atoms with van der Waals surface area (Å²) in [6.45, 7) is 1.15. The second-order valence-corrected chi connectivity index (χ2v) is 5.83. The first kappa shape index (κ1) is 12.7. The zero-order chi connectivity index (χ0) is 14.3. The first-order valence-electron chi connectivity index (χ1n) is 7.43. The normalized spacial score (nSPS) is 19.9. The Morgan fingerprint density at radius 3 is 2.33 bits per heavy atom. The Kier molecular flexibility index (Phi) is 2.89. The van der Waals surface area contributed by atoms with Crippen LogP contribution in [0, 0.1) is 0 Å². The van der Waals surface area contributed by atoms with Crippen molar-refractivity contribution in [2.24, 2.45) is 0 Å². The second kappa shape index (κ2) is 4.78. The molecule has 108 valence electrons. The van der Waals surface area contributed by atoms with E-state index in [9.17, 15) is 5.11 Å². The molecule has 1 N–H and O–H groups in total. The molecule has 2 aromatic carbocycles.